The first-order valence-electron chi connectivity index (χ1n) is 7.66. The molecule has 2 bridgehead atoms. The van der Waals surface area contributed by atoms with Crippen LogP contribution in [0.2, 0.25) is 0 Å². The van der Waals surface area contributed by atoms with Gasteiger partial charge in [0.2, 0.25) is 5.91 Å². The van der Waals surface area contributed by atoms with Gasteiger partial charge in [-0.05, 0) is 50.9 Å². The van der Waals surface area contributed by atoms with Crippen molar-refractivity contribution in [1.82, 2.24) is 10.2 Å². The van der Waals surface area contributed by atoms with Gasteiger partial charge in [-0.1, -0.05) is 6.42 Å². The van der Waals surface area contributed by atoms with E-state index in [0.29, 0.717) is 23.9 Å². The summed E-state index contributed by atoms with van der Waals surface area (Å²) in [4.78, 5) is 14.6. The summed E-state index contributed by atoms with van der Waals surface area (Å²) < 4.78 is 0. The molecule has 102 valence electrons. The average Bonchev–Trinajstić information content (AvgIpc) is 2.94. The number of nitrogens with one attached hydrogen (secondary N) is 1. The number of amides is 1. The molecular formula is C15H26N2O. The van der Waals surface area contributed by atoms with Gasteiger partial charge in [-0.3, -0.25) is 4.79 Å². The second-order valence-electron chi connectivity index (χ2n) is 6.84. The number of piperazine rings is 1. The molecule has 2 aliphatic carbocycles. The predicted octanol–water partition coefficient (Wildman–Crippen LogP) is 2.02. The highest BCUT2D eigenvalue weighted by atomic mass is 16.2. The van der Waals surface area contributed by atoms with Crippen LogP contribution in [0.15, 0.2) is 0 Å². The Labute approximate surface area is 110 Å². The third-order valence-corrected chi connectivity index (χ3v) is 5.41. The van der Waals surface area contributed by atoms with Crippen LogP contribution in [0.25, 0.3) is 0 Å². The van der Waals surface area contributed by atoms with E-state index >= 15 is 0 Å². The van der Waals surface area contributed by atoms with E-state index < -0.39 is 0 Å². The zero-order valence-electron chi connectivity index (χ0n) is 11.7. The maximum Gasteiger partial charge on any atom is 0.223 e. The summed E-state index contributed by atoms with van der Waals surface area (Å²) in [6.45, 7) is 6.17. The number of carbonyl (C=O) groups excluding carboxylic acids is 1. The monoisotopic (exact) mass is 250 g/mol. The molecule has 18 heavy (non-hydrogen) atoms. The quantitative estimate of drug-likeness (QED) is 0.813. The average molecular weight is 250 g/mol. The van der Waals surface area contributed by atoms with E-state index in [2.05, 4.69) is 24.1 Å². The van der Waals surface area contributed by atoms with E-state index in [-0.39, 0.29) is 0 Å². The third kappa shape index (κ3) is 2.29. The van der Waals surface area contributed by atoms with Crippen LogP contribution in [0.5, 0.6) is 0 Å². The van der Waals surface area contributed by atoms with Gasteiger partial charge in [0.05, 0.1) is 0 Å². The lowest BCUT2D eigenvalue weighted by atomic mass is 9.86. The third-order valence-electron chi connectivity index (χ3n) is 5.41. The van der Waals surface area contributed by atoms with Crippen molar-refractivity contribution in [2.45, 2.75) is 58.0 Å². The topological polar surface area (TPSA) is 32.3 Å². The molecule has 0 spiro atoms. The minimum atomic E-state index is 0.368. The van der Waals surface area contributed by atoms with E-state index in [4.69, 9.17) is 0 Å². The lowest BCUT2D eigenvalue weighted by molar-refractivity contribution is -0.136. The van der Waals surface area contributed by atoms with E-state index in [1.54, 1.807) is 0 Å². The number of fused-ring (bicyclic) bond motifs is 2. The van der Waals surface area contributed by atoms with Crippen LogP contribution in [0.3, 0.4) is 0 Å². The molecule has 0 aromatic carbocycles. The Bertz CT molecular complexity index is 330. The van der Waals surface area contributed by atoms with Gasteiger partial charge in [-0.25, -0.2) is 0 Å². The standard InChI is InChI=1S/C15H26N2O/c1-10-9-17(11(2)8-16-10)15(18)7-14-6-12-3-4-13(14)5-12/h10-14,16H,3-9H2,1-2H3. The lowest BCUT2D eigenvalue weighted by Gasteiger charge is -2.38. The summed E-state index contributed by atoms with van der Waals surface area (Å²) in [5.41, 5.74) is 0. The Kier molecular flexibility index (Phi) is 3.35. The molecule has 2 saturated carbocycles. The van der Waals surface area contributed by atoms with Crippen molar-refractivity contribution in [3.05, 3.63) is 0 Å². The van der Waals surface area contributed by atoms with Gasteiger partial charge in [0.15, 0.2) is 0 Å². The molecule has 3 aliphatic rings. The molecule has 5 atom stereocenters. The second kappa shape index (κ2) is 4.84. The summed E-state index contributed by atoms with van der Waals surface area (Å²) in [6.07, 6.45) is 6.36. The first-order chi connectivity index (χ1) is 8.63. The van der Waals surface area contributed by atoms with Gasteiger partial charge in [0.1, 0.15) is 0 Å². The second-order valence-corrected chi connectivity index (χ2v) is 6.84. The Morgan fingerprint density at radius 3 is 2.78 bits per heavy atom. The summed E-state index contributed by atoms with van der Waals surface area (Å²) in [6, 6.07) is 0.817. The minimum Gasteiger partial charge on any atom is -0.337 e. The molecule has 5 unspecified atom stereocenters. The molecule has 3 heteroatoms. The summed E-state index contributed by atoms with van der Waals surface area (Å²) in [5, 5.41) is 3.44. The lowest BCUT2D eigenvalue weighted by Crippen LogP contribution is -2.56. The molecule has 1 aliphatic heterocycles. The van der Waals surface area contributed by atoms with Gasteiger partial charge < -0.3 is 10.2 Å². The highest BCUT2D eigenvalue weighted by Gasteiger charge is 2.41. The number of hydrogen-bond donors (Lipinski definition) is 1. The molecule has 0 aromatic rings. The van der Waals surface area contributed by atoms with Crippen molar-refractivity contribution < 1.29 is 4.79 Å². The zero-order chi connectivity index (χ0) is 12.7. The Balaban J connectivity index is 1.57. The van der Waals surface area contributed by atoms with E-state index in [1.165, 1.54) is 25.7 Å². The van der Waals surface area contributed by atoms with Crippen LogP contribution in [-0.2, 0) is 4.79 Å². The van der Waals surface area contributed by atoms with E-state index in [0.717, 1.165) is 31.3 Å². The predicted molar refractivity (Wildman–Crippen MR) is 72.2 cm³/mol. The molecule has 1 saturated heterocycles. The SMILES string of the molecule is CC1CN(C(=O)CC2CC3CCC2C3)C(C)CN1. The summed E-state index contributed by atoms with van der Waals surface area (Å²) in [5.74, 6) is 2.93. The van der Waals surface area contributed by atoms with E-state index in [1.807, 2.05) is 0 Å². The first kappa shape index (κ1) is 12.5. The summed E-state index contributed by atoms with van der Waals surface area (Å²) >= 11 is 0. The molecular weight excluding hydrogens is 224 g/mol. The first-order valence-corrected chi connectivity index (χ1v) is 7.66. The van der Waals surface area contributed by atoms with Crippen molar-refractivity contribution in [2.24, 2.45) is 17.8 Å². The Morgan fingerprint density at radius 1 is 1.28 bits per heavy atom. The fourth-order valence-corrected chi connectivity index (χ4v) is 4.34. The normalized spacial score (nSPS) is 43.4. The van der Waals surface area contributed by atoms with Crippen molar-refractivity contribution in [1.29, 1.82) is 0 Å². The largest absolute Gasteiger partial charge is 0.337 e. The van der Waals surface area contributed by atoms with Crippen LogP contribution < -0.4 is 5.32 Å². The molecule has 3 nitrogen and oxygen atoms in total. The van der Waals surface area contributed by atoms with Crippen LogP contribution in [0.1, 0.15) is 46.0 Å². The van der Waals surface area contributed by atoms with Gasteiger partial charge in [0, 0.05) is 31.6 Å². The van der Waals surface area contributed by atoms with Crippen molar-refractivity contribution >= 4 is 5.91 Å². The maximum atomic E-state index is 12.5. The molecule has 3 fully saturated rings. The van der Waals surface area contributed by atoms with Gasteiger partial charge >= 0.3 is 0 Å². The van der Waals surface area contributed by atoms with Crippen LogP contribution in [0.4, 0.5) is 0 Å². The number of nitrogens with zero attached hydrogens (tertiary/aromatic N) is 1. The van der Waals surface area contributed by atoms with Crippen LogP contribution in [0, 0.1) is 17.8 Å². The van der Waals surface area contributed by atoms with Crippen molar-refractivity contribution in [3.63, 3.8) is 0 Å². The smallest absolute Gasteiger partial charge is 0.223 e. The van der Waals surface area contributed by atoms with Gasteiger partial charge in [0.25, 0.3) is 0 Å². The minimum absolute atomic E-state index is 0.368. The molecule has 1 heterocycles. The fraction of sp³-hybridized carbons (Fsp3) is 0.933. The molecule has 0 aromatic heterocycles. The summed E-state index contributed by atoms with van der Waals surface area (Å²) in [7, 11) is 0. The molecule has 0 radical (unpaired) electrons. The van der Waals surface area contributed by atoms with Crippen molar-refractivity contribution in [2.75, 3.05) is 13.1 Å². The maximum absolute atomic E-state index is 12.5. The van der Waals surface area contributed by atoms with Crippen LogP contribution >= 0.6 is 0 Å². The zero-order valence-corrected chi connectivity index (χ0v) is 11.7. The molecule has 3 rings (SSSR count). The van der Waals surface area contributed by atoms with Gasteiger partial charge in [-0.2, -0.15) is 0 Å². The molecule has 1 N–H and O–H groups in total. The number of hydrogen-bond acceptors (Lipinski definition) is 2. The fourth-order valence-electron chi connectivity index (χ4n) is 4.34. The highest BCUT2D eigenvalue weighted by Crippen LogP contribution is 2.49. The van der Waals surface area contributed by atoms with E-state index in [9.17, 15) is 4.79 Å². The highest BCUT2D eigenvalue weighted by molar-refractivity contribution is 5.77. The molecule has 1 amide bonds. The van der Waals surface area contributed by atoms with Crippen LogP contribution in [-0.4, -0.2) is 36.0 Å². The number of rotatable bonds is 2. The Hall–Kier alpha value is -0.570. The van der Waals surface area contributed by atoms with Gasteiger partial charge in [-0.15, -0.1) is 0 Å². The Morgan fingerprint density at radius 2 is 2.11 bits per heavy atom. The van der Waals surface area contributed by atoms with Crippen molar-refractivity contribution in [3.8, 4) is 0 Å². The number of carbonyl (C=O) groups is 1.